The molecule has 0 heterocycles. The van der Waals surface area contributed by atoms with Gasteiger partial charge in [-0.3, -0.25) is 4.79 Å². The number of nitrogens with two attached hydrogens (primary N) is 1. The molecule has 0 radical (unpaired) electrons. The summed E-state index contributed by atoms with van der Waals surface area (Å²) < 4.78 is 5.21. The fraction of sp³-hybridized carbons (Fsp3) is 0.562. The zero-order valence-electron chi connectivity index (χ0n) is 13.7. The number of hydrogen-bond acceptors (Lipinski definition) is 4. The summed E-state index contributed by atoms with van der Waals surface area (Å²) >= 11 is 0. The maximum absolute atomic E-state index is 12.0. The summed E-state index contributed by atoms with van der Waals surface area (Å²) in [6.07, 6.45) is 0.435. The van der Waals surface area contributed by atoms with Crippen LogP contribution in [0.5, 0.6) is 5.75 Å². The minimum Gasteiger partial charge on any atom is -0.495 e. The first-order chi connectivity index (χ1) is 9.71. The Labute approximate surface area is 127 Å². The van der Waals surface area contributed by atoms with E-state index < -0.39 is 0 Å². The van der Waals surface area contributed by atoms with Crippen molar-refractivity contribution in [2.75, 3.05) is 38.3 Å². The number of hydrogen-bond donors (Lipinski definition) is 2. The molecule has 0 spiro atoms. The smallest absolute Gasteiger partial charge is 0.225 e. The Kier molecular flexibility index (Phi) is 6.03. The van der Waals surface area contributed by atoms with Gasteiger partial charge in [0.25, 0.3) is 0 Å². The van der Waals surface area contributed by atoms with Gasteiger partial charge in [0.2, 0.25) is 5.91 Å². The van der Waals surface area contributed by atoms with Gasteiger partial charge in [0.05, 0.1) is 12.8 Å². The van der Waals surface area contributed by atoms with Crippen molar-refractivity contribution < 1.29 is 9.53 Å². The average Bonchev–Trinajstić information content (AvgIpc) is 2.35. The number of benzene rings is 1. The maximum Gasteiger partial charge on any atom is 0.225 e. The van der Waals surface area contributed by atoms with Gasteiger partial charge in [-0.1, -0.05) is 20.8 Å². The summed E-state index contributed by atoms with van der Waals surface area (Å²) in [5.41, 5.74) is 7.16. The molecule has 1 amide bonds. The van der Waals surface area contributed by atoms with E-state index in [1.165, 1.54) is 0 Å². The maximum atomic E-state index is 12.0. The van der Waals surface area contributed by atoms with E-state index in [9.17, 15) is 4.79 Å². The Balaban J connectivity index is 2.53. The molecule has 0 unspecified atom stereocenters. The van der Waals surface area contributed by atoms with Gasteiger partial charge in [-0.2, -0.15) is 0 Å². The van der Waals surface area contributed by atoms with E-state index in [0.717, 1.165) is 6.54 Å². The van der Waals surface area contributed by atoms with Crippen LogP contribution < -0.4 is 15.8 Å². The monoisotopic (exact) mass is 293 g/mol. The molecule has 0 aliphatic rings. The normalized spacial score (nSPS) is 11.5. The van der Waals surface area contributed by atoms with Crippen LogP contribution >= 0.6 is 0 Å². The number of nitrogen functional groups attached to an aromatic ring is 1. The molecule has 118 valence electrons. The first-order valence-electron chi connectivity index (χ1n) is 7.13. The Bertz CT molecular complexity index is 481. The molecule has 3 N–H and O–H groups in total. The Morgan fingerprint density at radius 3 is 2.62 bits per heavy atom. The quantitative estimate of drug-likeness (QED) is 0.791. The van der Waals surface area contributed by atoms with E-state index in [2.05, 4.69) is 31.0 Å². The first-order valence-corrected chi connectivity index (χ1v) is 7.13. The van der Waals surface area contributed by atoms with Gasteiger partial charge in [-0.25, -0.2) is 0 Å². The van der Waals surface area contributed by atoms with Gasteiger partial charge in [0.1, 0.15) is 5.75 Å². The lowest BCUT2D eigenvalue weighted by molar-refractivity contribution is -0.116. The highest BCUT2D eigenvalue weighted by atomic mass is 16.5. The Hall–Kier alpha value is -1.75. The van der Waals surface area contributed by atoms with Crippen LogP contribution in [0.15, 0.2) is 18.2 Å². The minimum absolute atomic E-state index is 0.0420. The number of rotatable bonds is 6. The number of nitrogens with zero attached hydrogens (tertiary/aromatic N) is 1. The molecular formula is C16H27N3O2. The molecule has 0 saturated carbocycles. The van der Waals surface area contributed by atoms with Crippen LogP contribution in [0.25, 0.3) is 0 Å². The number of anilines is 2. The molecular weight excluding hydrogens is 266 g/mol. The molecule has 5 nitrogen and oxygen atoms in total. The van der Waals surface area contributed by atoms with Crippen molar-refractivity contribution in [3.05, 3.63) is 18.2 Å². The molecule has 0 aliphatic heterocycles. The summed E-state index contributed by atoms with van der Waals surface area (Å²) in [5.74, 6) is 0.570. The van der Waals surface area contributed by atoms with Crippen LogP contribution in [0.2, 0.25) is 0 Å². The molecule has 0 atom stereocenters. The van der Waals surface area contributed by atoms with Crippen LogP contribution in [-0.4, -0.2) is 38.1 Å². The predicted molar refractivity (Wildman–Crippen MR) is 87.6 cm³/mol. The summed E-state index contributed by atoms with van der Waals surface area (Å²) in [6.45, 7) is 8.21. The van der Waals surface area contributed by atoms with Gasteiger partial charge in [-0.05, 0) is 30.7 Å². The molecule has 0 fully saturated rings. The molecule has 0 saturated heterocycles. The van der Waals surface area contributed by atoms with Crippen LogP contribution in [0.1, 0.15) is 27.2 Å². The van der Waals surface area contributed by atoms with E-state index in [4.69, 9.17) is 10.5 Å². The molecule has 1 aromatic rings. The standard InChI is InChI=1S/C16H27N3O2/c1-16(2,3)11-19(4)9-8-15(20)18-13-10-12(17)6-7-14(13)21-5/h6-7,10H,8-9,11,17H2,1-5H3,(H,18,20). The SMILES string of the molecule is COc1ccc(N)cc1NC(=O)CCN(C)CC(C)(C)C. The lowest BCUT2D eigenvalue weighted by Gasteiger charge is -2.26. The van der Waals surface area contributed by atoms with Gasteiger partial charge in [-0.15, -0.1) is 0 Å². The van der Waals surface area contributed by atoms with E-state index in [1.54, 1.807) is 25.3 Å². The third-order valence-electron chi connectivity index (χ3n) is 2.96. The third kappa shape index (κ3) is 6.49. The van der Waals surface area contributed by atoms with Crippen molar-refractivity contribution in [1.29, 1.82) is 0 Å². The molecule has 5 heteroatoms. The van der Waals surface area contributed by atoms with Gasteiger partial charge >= 0.3 is 0 Å². The number of carbonyl (C=O) groups excluding carboxylic acids is 1. The predicted octanol–water partition coefficient (Wildman–Crippen LogP) is 2.58. The number of nitrogens with one attached hydrogen (secondary N) is 1. The van der Waals surface area contributed by atoms with Gasteiger partial charge < -0.3 is 20.7 Å². The Morgan fingerprint density at radius 2 is 2.05 bits per heavy atom. The summed E-state index contributed by atoms with van der Waals surface area (Å²) in [4.78, 5) is 14.2. The molecule has 0 aromatic heterocycles. The van der Waals surface area contributed by atoms with Gasteiger partial charge in [0.15, 0.2) is 0 Å². The van der Waals surface area contributed by atoms with E-state index >= 15 is 0 Å². The highest BCUT2D eigenvalue weighted by Gasteiger charge is 2.14. The second-order valence-corrected chi connectivity index (χ2v) is 6.56. The van der Waals surface area contributed by atoms with Crippen molar-refractivity contribution in [3.63, 3.8) is 0 Å². The van der Waals surface area contributed by atoms with Gasteiger partial charge in [0, 0.05) is 25.2 Å². The third-order valence-corrected chi connectivity index (χ3v) is 2.96. The van der Waals surface area contributed by atoms with Crippen molar-refractivity contribution in [1.82, 2.24) is 4.90 Å². The number of ether oxygens (including phenoxy) is 1. The van der Waals surface area contributed by atoms with Crippen LogP contribution in [0.4, 0.5) is 11.4 Å². The molecule has 21 heavy (non-hydrogen) atoms. The lowest BCUT2D eigenvalue weighted by Crippen LogP contribution is -2.31. The van der Waals surface area contributed by atoms with Crippen LogP contribution in [0.3, 0.4) is 0 Å². The largest absolute Gasteiger partial charge is 0.495 e. The lowest BCUT2D eigenvalue weighted by atomic mass is 9.96. The van der Waals surface area contributed by atoms with Crippen molar-refractivity contribution in [2.24, 2.45) is 5.41 Å². The fourth-order valence-electron chi connectivity index (χ4n) is 2.22. The van der Waals surface area contributed by atoms with Crippen molar-refractivity contribution in [3.8, 4) is 5.75 Å². The van der Waals surface area contributed by atoms with Crippen LogP contribution in [0, 0.1) is 5.41 Å². The summed E-state index contributed by atoms with van der Waals surface area (Å²) in [6, 6.07) is 5.19. The highest BCUT2D eigenvalue weighted by molar-refractivity contribution is 5.93. The van der Waals surface area contributed by atoms with E-state index in [0.29, 0.717) is 30.1 Å². The zero-order chi connectivity index (χ0) is 16.0. The van der Waals surface area contributed by atoms with Crippen molar-refractivity contribution >= 4 is 17.3 Å². The van der Waals surface area contributed by atoms with Crippen LogP contribution in [-0.2, 0) is 4.79 Å². The second-order valence-electron chi connectivity index (χ2n) is 6.56. The minimum atomic E-state index is -0.0420. The average molecular weight is 293 g/mol. The highest BCUT2D eigenvalue weighted by Crippen LogP contribution is 2.26. The number of amides is 1. The second kappa shape index (κ2) is 7.31. The Morgan fingerprint density at radius 1 is 1.38 bits per heavy atom. The van der Waals surface area contributed by atoms with Crippen molar-refractivity contribution in [2.45, 2.75) is 27.2 Å². The molecule has 1 rings (SSSR count). The topological polar surface area (TPSA) is 67.6 Å². The molecule has 0 bridgehead atoms. The summed E-state index contributed by atoms with van der Waals surface area (Å²) in [5, 5.41) is 2.85. The molecule has 1 aromatic carbocycles. The van der Waals surface area contributed by atoms with E-state index in [1.807, 2.05) is 7.05 Å². The zero-order valence-corrected chi connectivity index (χ0v) is 13.7. The number of methoxy groups -OCH3 is 1. The summed E-state index contributed by atoms with van der Waals surface area (Å²) in [7, 11) is 3.60. The number of carbonyl (C=O) groups is 1. The molecule has 0 aliphatic carbocycles. The first kappa shape index (κ1) is 17.3. The fourth-order valence-corrected chi connectivity index (χ4v) is 2.22. The van der Waals surface area contributed by atoms with E-state index in [-0.39, 0.29) is 11.3 Å².